The van der Waals surface area contributed by atoms with Crippen molar-refractivity contribution in [1.29, 1.82) is 0 Å². The van der Waals surface area contributed by atoms with Gasteiger partial charge in [-0.1, -0.05) is 45.1 Å². The third-order valence-corrected chi connectivity index (χ3v) is 11.9. The lowest BCUT2D eigenvalue weighted by Gasteiger charge is -2.30. The first-order chi connectivity index (χ1) is 24.1. The first-order valence-corrected chi connectivity index (χ1v) is 19.2. The van der Waals surface area contributed by atoms with Crippen LogP contribution in [0.1, 0.15) is 76.8 Å². The summed E-state index contributed by atoms with van der Waals surface area (Å²) in [7, 11) is -3.92. The van der Waals surface area contributed by atoms with E-state index in [1.807, 2.05) is 26.8 Å². The molecule has 3 fully saturated rings. The zero-order valence-electron chi connectivity index (χ0n) is 29.2. The van der Waals surface area contributed by atoms with Crippen molar-refractivity contribution in [2.75, 3.05) is 19.6 Å². The van der Waals surface area contributed by atoms with Gasteiger partial charge in [-0.15, -0.1) is 0 Å². The fourth-order valence-electron chi connectivity index (χ4n) is 7.07. The van der Waals surface area contributed by atoms with Gasteiger partial charge in [0.15, 0.2) is 0 Å². The van der Waals surface area contributed by atoms with E-state index in [0.29, 0.717) is 43.5 Å². The van der Waals surface area contributed by atoms with Crippen LogP contribution in [0.25, 0.3) is 0 Å². The fraction of sp³-hybridized carbons (Fsp3) is 0.629. The van der Waals surface area contributed by atoms with Crippen molar-refractivity contribution in [3.8, 4) is 0 Å². The Kier molecular flexibility index (Phi) is 10.2. The Bertz CT molecular complexity index is 1730. The number of sulfonamides is 1. The third-order valence-electron chi connectivity index (χ3n) is 10.1. The number of amides is 5. The van der Waals surface area contributed by atoms with Gasteiger partial charge in [0.25, 0.3) is 5.91 Å². The zero-order chi connectivity index (χ0) is 36.7. The molecule has 51 heavy (non-hydrogen) atoms. The molecule has 4 N–H and O–H groups in total. The van der Waals surface area contributed by atoms with Gasteiger partial charge >= 0.3 is 6.09 Å². The highest BCUT2D eigenvalue weighted by Crippen LogP contribution is 2.46. The molecule has 0 unspecified atom stereocenters. The van der Waals surface area contributed by atoms with Gasteiger partial charge in [0.05, 0.1) is 18.3 Å². The molecule has 2 aliphatic carbocycles. The highest BCUT2D eigenvalue weighted by molar-refractivity contribution is 7.91. The van der Waals surface area contributed by atoms with Crippen LogP contribution in [0.5, 0.6) is 0 Å². The van der Waals surface area contributed by atoms with Crippen molar-refractivity contribution >= 4 is 39.7 Å². The lowest BCUT2D eigenvalue weighted by Crippen LogP contribution is -2.58. The van der Waals surface area contributed by atoms with Gasteiger partial charge < -0.3 is 25.6 Å². The number of benzene rings is 1. The van der Waals surface area contributed by atoms with E-state index in [9.17, 15) is 36.8 Å². The molecule has 3 heterocycles. The molecule has 5 amide bonds. The number of hydrogen-bond donors (Lipinski definition) is 4. The van der Waals surface area contributed by atoms with Crippen molar-refractivity contribution in [3.63, 3.8) is 0 Å². The number of rotatable bonds is 6. The second-order valence-electron chi connectivity index (χ2n) is 15.5. The predicted octanol–water partition coefficient (Wildman–Crippen LogP) is 1.59. The average molecular weight is 731 g/mol. The van der Waals surface area contributed by atoms with Crippen LogP contribution in [0.3, 0.4) is 0 Å². The summed E-state index contributed by atoms with van der Waals surface area (Å²) < 4.78 is 47.9. The smallest absolute Gasteiger partial charge is 0.410 e. The summed E-state index contributed by atoms with van der Waals surface area (Å²) >= 11 is 0. The Hall–Kier alpha value is -4.05. The van der Waals surface area contributed by atoms with Crippen molar-refractivity contribution in [2.24, 2.45) is 11.3 Å². The van der Waals surface area contributed by atoms with E-state index in [1.165, 1.54) is 15.9 Å². The van der Waals surface area contributed by atoms with Crippen LogP contribution in [0.2, 0.25) is 0 Å². The van der Waals surface area contributed by atoms with Gasteiger partial charge in [-0.25, -0.2) is 17.6 Å². The standard InChI is InChI=1S/C35H47FN6O8S/c1-34(2,3)17-29(43)38-27-12-14-37-13-5-4-8-22-16-35(22,32(46)40-51(48,49)24-10-11-24)39-30(44)28-15-23(19-42(28)31(27)45)50-33(47)41-18-21-7-6-9-26(36)25(21)20-41/h4,6-9,22-24,27-28,37H,5,10-20H2,1-3H3,(H,38,43)(H,39,44)(H,40,46)/b8-4-/t22-,23-,27+,28+,35-/m1/s1. The molecule has 1 aromatic rings. The molecule has 278 valence electrons. The molecular weight excluding hydrogens is 683 g/mol. The monoisotopic (exact) mass is 730 g/mol. The predicted molar refractivity (Wildman–Crippen MR) is 182 cm³/mol. The van der Waals surface area contributed by atoms with E-state index >= 15 is 0 Å². The Balaban J connectivity index is 1.25. The Morgan fingerprint density at radius 2 is 1.86 bits per heavy atom. The number of nitrogens with one attached hydrogen (secondary N) is 4. The highest BCUT2D eigenvalue weighted by atomic mass is 32.2. The van der Waals surface area contributed by atoms with E-state index in [1.54, 1.807) is 18.2 Å². The van der Waals surface area contributed by atoms with Crippen molar-refractivity contribution in [1.82, 2.24) is 30.5 Å². The number of nitrogens with zero attached hydrogens (tertiary/aromatic N) is 2. The minimum atomic E-state index is -3.92. The van der Waals surface area contributed by atoms with Gasteiger partial charge in [0, 0.05) is 30.9 Å². The van der Waals surface area contributed by atoms with Crippen LogP contribution < -0.4 is 20.7 Å². The molecule has 16 heteroatoms. The second-order valence-corrected chi connectivity index (χ2v) is 17.5. The number of fused-ring (bicyclic) bond motifs is 3. The fourth-order valence-corrected chi connectivity index (χ4v) is 8.43. The molecule has 6 rings (SSSR count). The van der Waals surface area contributed by atoms with Gasteiger partial charge in [-0.05, 0) is 62.2 Å². The van der Waals surface area contributed by atoms with Crippen LogP contribution in [0.4, 0.5) is 9.18 Å². The lowest BCUT2D eigenvalue weighted by molar-refractivity contribution is -0.142. The maximum absolute atomic E-state index is 14.4. The highest BCUT2D eigenvalue weighted by Gasteiger charge is 2.62. The quantitative estimate of drug-likeness (QED) is 0.316. The first kappa shape index (κ1) is 36.7. The summed E-state index contributed by atoms with van der Waals surface area (Å²) in [5.41, 5.74) is -0.860. The van der Waals surface area contributed by atoms with Crippen molar-refractivity contribution < 1.29 is 41.5 Å². The topological polar surface area (TPSA) is 183 Å². The van der Waals surface area contributed by atoms with Gasteiger partial charge in [0.2, 0.25) is 27.7 Å². The van der Waals surface area contributed by atoms with E-state index < -0.39 is 74.5 Å². The number of halogens is 1. The average Bonchev–Trinajstić information content (AvgIpc) is 3.93. The van der Waals surface area contributed by atoms with Gasteiger partial charge in [0.1, 0.15) is 29.5 Å². The molecule has 3 aliphatic heterocycles. The van der Waals surface area contributed by atoms with Crippen LogP contribution in [-0.2, 0) is 47.0 Å². The first-order valence-electron chi connectivity index (χ1n) is 17.6. The maximum atomic E-state index is 14.4. The summed E-state index contributed by atoms with van der Waals surface area (Å²) in [5, 5.41) is 8.25. The molecule has 5 aliphatic rings. The van der Waals surface area contributed by atoms with E-state index in [0.717, 1.165) is 0 Å². The van der Waals surface area contributed by atoms with Crippen molar-refractivity contribution in [2.45, 2.75) is 108 Å². The third kappa shape index (κ3) is 8.37. The van der Waals surface area contributed by atoms with Crippen molar-refractivity contribution in [3.05, 3.63) is 47.3 Å². The molecule has 0 aromatic heterocycles. The number of carbonyl (C=O) groups is 5. The molecule has 0 bridgehead atoms. The SMILES string of the molecule is CC(C)(C)CC(=O)N[C@H]1CCNCC/C=C\[C@@H]2C[C@@]2(C(=O)NS(=O)(=O)C2CC2)NC(=O)[C@@H]2C[C@@H](OC(=O)N3Cc4cccc(F)c4C3)CN2C1=O. The summed E-state index contributed by atoms with van der Waals surface area (Å²) in [4.78, 5) is 71.1. The van der Waals surface area contributed by atoms with E-state index in [2.05, 4.69) is 20.7 Å². The molecule has 2 saturated carbocycles. The Morgan fingerprint density at radius 3 is 2.57 bits per heavy atom. The lowest BCUT2D eigenvalue weighted by atomic mass is 9.91. The molecule has 14 nitrogen and oxygen atoms in total. The largest absolute Gasteiger partial charge is 0.444 e. The second kappa shape index (κ2) is 14.2. The minimum absolute atomic E-state index is 0.00526. The normalized spacial score (nSPS) is 29.0. The summed E-state index contributed by atoms with van der Waals surface area (Å²) in [6.45, 7) is 6.59. The van der Waals surface area contributed by atoms with Crippen LogP contribution >= 0.6 is 0 Å². The molecule has 0 radical (unpaired) electrons. The number of hydrogen-bond acceptors (Lipinski definition) is 9. The van der Waals surface area contributed by atoms with Crippen LogP contribution in [0.15, 0.2) is 30.4 Å². The molecular formula is C35H47FN6O8S. The molecule has 5 atom stereocenters. The van der Waals surface area contributed by atoms with Gasteiger partial charge in [-0.2, -0.15) is 0 Å². The van der Waals surface area contributed by atoms with E-state index in [4.69, 9.17) is 4.74 Å². The number of carbonyl (C=O) groups excluding carboxylic acids is 5. The van der Waals surface area contributed by atoms with Crippen LogP contribution in [0, 0.1) is 17.2 Å². The molecule has 0 spiro atoms. The Labute approximate surface area is 297 Å². The maximum Gasteiger partial charge on any atom is 0.410 e. The summed E-state index contributed by atoms with van der Waals surface area (Å²) in [5.74, 6) is -3.35. The summed E-state index contributed by atoms with van der Waals surface area (Å²) in [6.07, 6.45) is 3.87. The zero-order valence-corrected chi connectivity index (χ0v) is 30.0. The van der Waals surface area contributed by atoms with Gasteiger partial charge in [-0.3, -0.25) is 28.8 Å². The summed E-state index contributed by atoms with van der Waals surface area (Å²) in [6, 6.07) is 2.39. The Morgan fingerprint density at radius 1 is 1.10 bits per heavy atom. The van der Waals surface area contributed by atoms with E-state index in [-0.39, 0.29) is 56.6 Å². The van der Waals surface area contributed by atoms with Crippen LogP contribution in [-0.4, -0.2) is 96.6 Å². The number of ether oxygens (including phenoxy) is 1. The molecule has 1 saturated heterocycles. The minimum Gasteiger partial charge on any atom is -0.444 e. The molecule has 1 aromatic carbocycles.